The molecule has 0 aliphatic heterocycles. The standard InChI is InChI=1S/C26H21N3O5S/c1-3-17-10-12-19-8-6-14-27-24(19)25(17)35(32,33)29-21-9-5-4-7-18(21)11-13-20-16-28-22(26(30)31)15-23(20)34-2/h4-10,12,14-16,29H,3H2,1-2H3,(H,30,31). The monoisotopic (exact) mass is 487 g/mol. The fraction of sp³-hybridized carbons (Fsp3) is 0.115. The third kappa shape index (κ3) is 4.93. The molecule has 0 saturated heterocycles. The summed E-state index contributed by atoms with van der Waals surface area (Å²) in [6.07, 6.45) is 3.39. The molecule has 4 rings (SSSR count). The molecule has 9 heteroatoms. The molecule has 0 amide bonds. The van der Waals surface area contributed by atoms with Crippen molar-refractivity contribution in [3.05, 3.63) is 89.4 Å². The van der Waals surface area contributed by atoms with Gasteiger partial charge in [-0.25, -0.2) is 18.2 Å². The SMILES string of the molecule is CCc1ccc2cccnc2c1S(=O)(=O)Nc1ccccc1C#Cc1cnc(C(=O)O)cc1OC. The van der Waals surface area contributed by atoms with E-state index in [1.165, 1.54) is 19.4 Å². The molecule has 4 aromatic rings. The first-order valence-electron chi connectivity index (χ1n) is 10.6. The van der Waals surface area contributed by atoms with Crippen molar-refractivity contribution >= 4 is 32.6 Å². The molecule has 0 aliphatic carbocycles. The van der Waals surface area contributed by atoms with Crippen molar-refractivity contribution in [3.63, 3.8) is 0 Å². The predicted octanol–water partition coefficient (Wildman–Crippen LogP) is 4.10. The first-order valence-corrected chi connectivity index (χ1v) is 12.1. The van der Waals surface area contributed by atoms with Crippen molar-refractivity contribution in [2.75, 3.05) is 11.8 Å². The number of aromatic nitrogens is 2. The molecule has 0 spiro atoms. The van der Waals surface area contributed by atoms with Gasteiger partial charge in [-0.2, -0.15) is 0 Å². The van der Waals surface area contributed by atoms with Crippen LogP contribution in [0.5, 0.6) is 5.75 Å². The second-order valence-corrected chi connectivity index (χ2v) is 9.08. The number of carboxylic acids is 1. The Bertz CT molecular complexity index is 1600. The topological polar surface area (TPSA) is 118 Å². The summed E-state index contributed by atoms with van der Waals surface area (Å²) in [7, 11) is -2.60. The van der Waals surface area contributed by atoms with Crippen LogP contribution in [0.1, 0.15) is 34.1 Å². The largest absolute Gasteiger partial charge is 0.495 e. The molecule has 2 aromatic heterocycles. The van der Waals surface area contributed by atoms with E-state index in [9.17, 15) is 13.2 Å². The summed E-state index contributed by atoms with van der Waals surface area (Å²) in [4.78, 5) is 19.5. The predicted molar refractivity (Wildman–Crippen MR) is 132 cm³/mol. The summed E-state index contributed by atoms with van der Waals surface area (Å²) in [6.45, 7) is 1.89. The number of methoxy groups -OCH3 is 1. The Hall–Kier alpha value is -4.42. The first kappa shape index (κ1) is 23.7. The number of aryl methyl sites for hydroxylation is 1. The van der Waals surface area contributed by atoms with Gasteiger partial charge in [0.25, 0.3) is 10.0 Å². The Morgan fingerprint density at radius 2 is 1.83 bits per heavy atom. The minimum atomic E-state index is -4.00. The van der Waals surface area contributed by atoms with Gasteiger partial charge in [0, 0.05) is 29.4 Å². The van der Waals surface area contributed by atoms with Crippen molar-refractivity contribution in [1.82, 2.24) is 9.97 Å². The van der Waals surface area contributed by atoms with E-state index in [1.807, 2.05) is 19.1 Å². The molecule has 0 aliphatic rings. The zero-order valence-electron chi connectivity index (χ0n) is 18.9. The Kier molecular flexibility index (Phi) is 6.66. The summed E-state index contributed by atoms with van der Waals surface area (Å²) in [6, 6.07) is 15.2. The quantitative estimate of drug-likeness (QED) is 0.393. The van der Waals surface area contributed by atoms with Crippen molar-refractivity contribution < 1.29 is 23.1 Å². The molecule has 176 valence electrons. The Morgan fingerprint density at radius 3 is 2.57 bits per heavy atom. The van der Waals surface area contributed by atoms with Gasteiger partial charge in [-0.05, 0) is 30.2 Å². The highest BCUT2D eigenvalue weighted by Gasteiger charge is 2.23. The molecule has 0 radical (unpaired) electrons. The second-order valence-electron chi connectivity index (χ2n) is 7.46. The number of hydrogen-bond acceptors (Lipinski definition) is 6. The normalized spacial score (nSPS) is 10.9. The molecule has 0 fully saturated rings. The minimum Gasteiger partial charge on any atom is -0.495 e. The van der Waals surface area contributed by atoms with Crippen LogP contribution in [0.3, 0.4) is 0 Å². The number of nitrogens with one attached hydrogen (secondary N) is 1. The number of benzene rings is 2. The average Bonchev–Trinajstić information content (AvgIpc) is 2.87. The second kappa shape index (κ2) is 9.83. The fourth-order valence-electron chi connectivity index (χ4n) is 3.57. The number of anilines is 1. The van der Waals surface area contributed by atoms with Gasteiger partial charge in [-0.3, -0.25) is 9.71 Å². The summed E-state index contributed by atoms with van der Waals surface area (Å²) in [5.41, 5.74) is 1.97. The molecule has 0 unspecified atom stereocenters. The summed E-state index contributed by atoms with van der Waals surface area (Å²) >= 11 is 0. The van der Waals surface area contributed by atoms with E-state index < -0.39 is 16.0 Å². The fourth-order valence-corrected chi connectivity index (χ4v) is 5.12. The highest BCUT2D eigenvalue weighted by Crippen LogP contribution is 2.28. The van der Waals surface area contributed by atoms with Gasteiger partial charge in [-0.1, -0.05) is 49.1 Å². The van der Waals surface area contributed by atoms with Crippen molar-refractivity contribution in [2.24, 2.45) is 0 Å². The number of carbonyl (C=O) groups is 1. The molecule has 0 saturated carbocycles. The lowest BCUT2D eigenvalue weighted by molar-refractivity contribution is 0.0690. The van der Waals surface area contributed by atoms with Crippen molar-refractivity contribution in [3.8, 4) is 17.6 Å². The van der Waals surface area contributed by atoms with Crippen molar-refractivity contribution in [1.29, 1.82) is 0 Å². The maximum atomic E-state index is 13.5. The van der Waals surface area contributed by atoms with Crippen LogP contribution in [0.2, 0.25) is 0 Å². The number of para-hydroxylation sites is 1. The summed E-state index contributed by atoms with van der Waals surface area (Å²) in [5, 5.41) is 9.85. The van der Waals surface area contributed by atoms with Crippen LogP contribution in [0.15, 0.2) is 71.9 Å². The number of aromatic carboxylic acids is 1. The number of rotatable bonds is 6. The van der Waals surface area contributed by atoms with Crippen LogP contribution < -0.4 is 9.46 Å². The van der Waals surface area contributed by atoms with E-state index >= 15 is 0 Å². The molecule has 2 heterocycles. The van der Waals surface area contributed by atoms with Gasteiger partial charge in [0.2, 0.25) is 0 Å². The summed E-state index contributed by atoms with van der Waals surface area (Å²) in [5.74, 6) is 4.88. The third-order valence-electron chi connectivity index (χ3n) is 5.27. The van der Waals surface area contributed by atoms with Gasteiger partial charge in [0.15, 0.2) is 5.69 Å². The lowest BCUT2D eigenvalue weighted by atomic mass is 10.1. The number of fused-ring (bicyclic) bond motifs is 1. The van der Waals surface area contributed by atoms with Gasteiger partial charge in [-0.15, -0.1) is 0 Å². The van der Waals surface area contributed by atoms with Crippen LogP contribution in [0.25, 0.3) is 10.9 Å². The van der Waals surface area contributed by atoms with Crippen LogP contribution in [-0.2, 0) is 16.4 Å². The molecular formula is C26H21N3O5S. The maximum absolute atomic E-state index is 13.5. The molecular weight excluding hydrogens is 466 g/mol. The number of hydrogen-bond donors (Lipinski definition) is 2. The van der Waals surface area contributed by atoms with E-state index in [-0.39, 0.29) is 16.3 Å². The van der Waals surface area contributed by atoms with Crippen molar-refractivity contribution in [2.45, 2.75) is 18.2 Å². The average molecular weight is 488 g/mol. The maximum Gasteiger partial charge on any atom is 0.354 e. The van der Waals surface area contributed by atoms with Gasteiger partial charge < -0.3 is 9.84 Å². The molecule has 35 heavy (non-hydrogen) atoms. The van der Waals surface area contributed by atoms with E-state index in [0.29, 0.717) is 34.3 Å². The third-order valence-corrected chi connectivity index (χ3v) is 6.75. The zero-order chi connectivity index (χ0) is 25.0. The van der Waals surface area contributed by atoms with Crippen LogP contribution in [0.4, 0.5) is 5.69 Å². The van der Waals surface area contributed by atoms with Gasteiger partial charge >= 0.3 is 5.97 Å². The number of pyridine rings is 2. The number of ether oxygens (including phenoxy) is 1. The number of carboxylic acid groups (broad SMARTS) is 1. The molecule has 0 bridgehead atoms. The molecule has 8 nitrogen and oxygen atoms in total. The highest BCUT2D eigenvalue weighted by atomic mass is 32.2. The Morgan fingerprint density at radius 1 is 1.06 bits per heavy atom. The Labute approximate surface area is 202 Å². The lowest BCUT2D eigenvalue weighted by Gasteiger charge is -2.14. The molecule has 2 aromatic carbocycles. The zero-order valence-corrected chi connectivity index (χ0v) is 19.8. The minimum absolute atomic E-state index is 0.135. The summed E-state index contributed by atoms with van der Waals surface area (Å²) < 4.78 is 35.0. The smallest absolute Gasteiger partial charge is 0.354 e. The molecule has 0 atom stereocenters. The van der Waals surface area contributed by atoms with E-state index in [1.54, 1.807) is 42.6 Å². The van der Waals surface area contributed by atoms with Crippen LogP contribution in [-0.4, -0.2) is 36.6 Å². The van der Waals surface area contributed by atoms with Gasteiger partial charge in [0.05, 0.1) is 23.9 Å². The van der Waals surface area contributed by atoms with Crippen LogP contribution >= 0.6 is 0 Å². The molecule has 2 N–H and O–H groups in total. The number of sulfonamides is 1. The van der Waals surface area contributed by atoms with E-state index in [4.69, 9.17) is 9.84 Å². The Balaban J connectivity index is 1.75. The lowest BCUT2D eigenvalue weighted by Crippen LogP contribution is -2.16. The van der Waals surface area contributed by atoms with Gasteiger partial charge in [0.1, 0.15) is 10.6 Å². The van der Waals surface area contributed by atoms with E-state index in [2.05, 4.69) is 26.5 Å². The first-order chi connectivity index (χ1) is 16.8. The van der Waals surface area contributed by atoms with E-state index in [0.717, 1.165) is 5.39 Å². The van der Waals surface area contributed by atoms with Crippen LogP contribution in [0, 0.1) is 11.8 Å². The highest BCUT2D eigenvalue weighted by molar-refractivity contribution is 7.93. The number of nitrogens with zero attached hydrogens (tertiary/aromatic N) is 2.